The number of nitrogens with zero attached hydrogens (tertiary/aromatic N) is 4. The SMILES string of the molecule is CC(C#N)CN(C)C(=O)c1ccc(N)nn1. The molecule has 0 aliphatic carbocycles. The molecule has 1 unspecified atom stereocenters. The zero-order valence-corrected chi connectivity index (χ0v) is 9.21. The molecule has 1 heterocycles. The van der Waals surface area contributed by atoms with Crippen LogP contribution in [-0.4, -0.2) is 34.6 Å². The number of hydrogen-bond acceptors (Lipinski definition) is 5. The molecule has 0 spiro atoms. The summed E-state index contributed by atoms with van der Waals surface area (Å²) in [6, 6.07) is 5.09. The van der Waals surface area contributed by atoms with Gasteiger partial charge in [-0.25, -0.2) is 0 Å². The van der Waals surface area contributed by atoms with Crippen molar-refractivity contribution in [2.24, 2.45) is 5.92 Å². The number of aromatic nitrogens is 2. The van der Waals surface area contributed by atoms with Gasteiger partial charge in [0.15, 0.2) is 5.69 Å². The Kier molecular flexibility index (Phi) is 3.78. The number of hydrogen-bond donors (Lipinski definition) is 1. The highest BCUT2D eigenvalue weighted by Gasteiger charge is 2.15. The van der Waals surface area contributed by atoms with E-state index in [4.69, 9.17) is 11.0 Å². The summed E-state index contributed by atoms with van der Waals surface area (Å²) in [5.74, 6) is -0.213. The maximum atomic E-state index is 11.8. The number of nitrogens with two attached hydrogens (primary N) is 1. The van der Waals surface area contributed by atoms with Crippen LogP contribution in [0.4, 0.5) is 5.82 Å². The van der Waals surface area contributed by atoms with Gasteiger partial charge in [0.1, 0.15) is 5.82 Å². The summed E-state index contributed by atoms with van der Waals surface area (Å²) in [4.78, 5) is 13.2. The van der Waals surface area contributed by atoms with Gasteiger partial charge >= 0.3 is 0 Å². The Balaban J connectivity index is 2.71. The molecule has 0 aliphatic heterocycles. The van der Waals surface area contributed by atoms with Crippen LogP contribution in [0, 0.1) is 17.2 Å². The van der Waals surface area contributed by atoms with E-state index in [-0.39, 0.29) is 23.3 Å². The van der Waals surface area contributed by atoms with Crippen molar-refractivity contribution < 1.29 is 4.79 Å². The van der Waals surface area contributed by atoms with Gasteiger partial charge in [-0.1, -0.05) is 0 Å². The minimum atomic E-state index is -0.269. The molecule has 0 radical (unpaired) electrons. The van der Waals surface area contributed by atoms with Crippen LogP contribution in [0.5, 0.6) is 0 Å². The van der Waals surface area contributed by atoms with E-state index in [0.29, 0.717) is 6.54 Å². The third kappa shape index (κ3) is 2.92. The van der Waals surface area contributed by atoms with Crippen LogP contribution in [0.1, 0.15) is 17.4 Å². The average Bonchev–Trinajstić information content (AvgIpc) is 2.28. The molecule has 1 atom stereocenters. The van der Waals surface area contributed by atoms with Gasteiger partial charge in [0.25, 0.3) is 5.91 Å². The standard InChI is InChI=1S/C10H13N5O/c1-7(5-11)6-15(2)10(16)8-3-4-9(12)14-13-8/h3-4,7H,6H2,1-2H3,(H2,12,14). The minimum Gasteiger partial charge on any atom is -0.382 e. The molecule has 0 aromatic carbocycles. The molecule has 1 aromatic heterocycles. The molecule has 1 amide bonds. The molecule has 0 saturated carbocycles. The zero-order valence-electron chi connectivity index (χ0n) is 9.21. The fourth-order valence-electron chi connectivity index (χ4n) is 1.19. The summed E-state index contributed by atoms with van der Waals surface area (Å²) >= 11 is 0. The number of amides is 1. The lowest BCUT2D eigenvalue weighted by Gasteiger charge is -2.17. The van der Waals surface area contributed by atoms with Crippen LogP contribution < -0.4 is 5.73 Å². The van der Waals surface area contributed by atoms with Crippen LogP contribution in [0.25, 0.3) is 0 Å². The molecule has 6 nitrogen and oxygen atoms in total. The smallest absolute Gasteiger partial charge is 0.274 e. The first-order valence-electron chi connectivity index (χ1n) is 4.79. The number of nitriles is 1. The van der Waals surface area contributed by atoms with Crippen molar-refractivity contribution >= 4 is 11.7 Å². The minimum absolute atomic E-state index is 0.212. The molecule has 0 saturated heterocycles. The van der Waals surface area contributed by atoms with E-state index < -0.39 is 0 Å². The molecule has 1 aromatic rings. The van der Waals surface area contributed by atoms with Gasteiger partial charge in [0.2, 0.25) is 0 Å². The van der Waals surface area contributed by atoms with Crippen LogP contribution >= 0.6 is 0 Å². The van der Waals surface area contributed by atoms with Crippen molar-refractivity contribution in [3.63, 3.8) is 0 Å². The number of carbonyl (C=O) groups excluding carboxylic acids is 1. The lowest BCUT2D eigenvalue weighted by molar-refractivity contribution is 0.0778. The van der Waals surface area contributed by atoms with Crippen molar-refractivity contribution in [2.75, 3.05) is 19.3 Å². The van der Waals surface area contributed by atoms with Gasteiger partial charge in [0.05, 0.1) is 12.0 Å². The Hall–Kier alpha value is -2.16. The van der Waals surface area contributed by atoms with Gasteiger partial charge < -0.3 is 10.6 Å². The largest absolute Gasteiger partial charge is 0.382 e. The molecule has 16 heavy (non-hydrogen) atoms. The summed E-state index contributed by atoms with van der Waals surface area (Å²) in [7, 11) is 1.62. The predicted octanol–water partition coefficient (Wildman–Crippen LogP) is 0.290. The summed E-state index contributed by atoms with van der Waals surface area (Å²) in [5, 5.41) is 15.9. The molecular formula is C10H13N5O. The predicted molar refractivity (Wildman–Crippen MR) is 58.2 cm³/mol. The number of nitrogen functional groups attached to an aromatic ring is 1. The van der Waals surface area contributed by atoms with Crippen molar-refractivity contribution in [3.05, 3.63) is 17.8 Å². The number of carbonyl (C=O) groups is 1. The van der Waals surface area contributed by atoms with Crippen LogP contribution in [0.15, 0.2) is 12.1 Å². The van der Waals surface area contributed by atoms with E-state index in [1.54, 1.807) is 14.0 Å². The van der Waals surface area contributed by atoms with Crippen LogP contribution in [-0.2, 0) is 0 Å². The fraction of sp³-hybridized carbons (Fsp3) is 0.400. The Morgan fingerprint density at radius 2 is 2.31 bits per heavy atom. The van der Waals surface area contributed by atoms with E-state index >= 15 is 0 Å². The lowest BCUT2D eigenvalue weighted by atomic mass is 10.2. The van der Waals surface area contributed by atoms with Gasteiger partial charge in [-0.2, -0.15) is 5.26 Å². The third-order valence-corrected chi connectivity index (χ3v) is 2.02. The highest BCUT2D eigenvalue weighted by molar-refractivity contribution is 5.92. The first-order valence-corrected chi connectivity index (χ1v) is 4.79. The van der Waals surface area contributed by atoms with Gasteiger partial charge in [-0.15, -0.1) is 10.2 Å². The summed E-state index contributed by atoms with van der Waals surface area (Å²) in [6.07, 6.45) is 0. The number of rotatable bonds is 3. The quantitative estimate of drug-likeness (QED) is 0.788. The second kappa shape index (κ2) is 5.07. The first kappa shape index (κ1) is 11.9. The topological polar surface area (TPSA) is 95.9 Å². The molecule has 0 aliphatic rings. The highest BCUT2D eigenvalue weighted by Crippen LogP contribution is 2.03. The van der Waals surface area contributed by atoms with Gasteiger partial charge in [-0.3, -0.25) is 4.79 Å². The molecular weight excluding hydrogens is 206 g/mol. The second-order valence-electron chi connectivity index (χ2n) is 3.56. The van der Waals surface area contributed by atoms with E-state index in [2.05, 4.69) is 16.3 Å². The average molecular weight is 219 g/mol. The van der Waals surface area contributed by atoms with E-state index in [0.717, 1.165) is 0 Å². The number of anilines is 1. The van der Waals surface area contributed by atoms with Gasteiger partial charge in [-0.05, 0) is 19.1 Å². The monoisotopic (exact) mass is 219 g/mol. The molecule has 2 N–H and O–H groups in total. The summed E-state index contributed by atoms with van der Waals surface area (Å²) < 4.78 is 0. The van der Waals surface area contributed by atoms with Crippen LogP contribution in [0.3, 0.4) is 0 Å². The van der Waals surface area contributed by atoms with Crippen molar-refractivity contribution in [1.82, 2.24) is 15.1 Å². The fourth-order valence-corrected chi connectivity index (χ4v) is 1.19. The maximum absolute atomic E-state index is 11.8. The van der Waals surface area contributed by atoms with Crippen molar-refractivity contribution in [2.45, 2.75) is 6.92 Å². The molecule has 1 rings (SSSR count). The Morgan fingerprint density at radius 3 is 2.81 bits per heavy atom. The zero-order chi connectivity index (χ0) is 12.1. The highest BCUT2D eigenvalue weighted by atomic mass is 16.2. The Bertz CT molecular complexity index is 408. The van der Waals surface area contributed by atoms with E-state index in [1.807, 2.05) is 0 Å². The molecule has 0 bridgehead atoms. The summed E-state index contributed by atoms with van der Waals surface area (Å²) in [6.45, 7) is 2.11. The van der Waals surface area contributed by atoms with E-state index in [9.17, 15) is 4.79 Å². The van der Waals surface area contributed by atoms with E-state index in [1.165, 1.54) is 17.0 Å². The van der Waals surface area contributed by atoms with Crippen molar-refractivity contribution in [1.29, 1.82) is 5.26 Å². The Labute approximate surface area is 93.7 Å². The van der Waals surface area contributed by atoms with Crippen molar-refractivity contribution in [3.8, 4) is 6.07 Å². The Morgan fingerprint density at radius 1 is 1.62 bits per heavy atom. The summed E-state index contributed by atoms with van der Waals surface area (Å²) in [5.41, 5.74) is 5.59. The molecule has 6 heteroatoms. The molecule has 0 fully saturated rings. The normalized spacial score (nSPS) is 11.6. The first-order chi connectivity index (χ1) is 7.54. The van der Waals surface area contributed by atoms with Gasteiger partial charge in [0, 0.05) is 13.6 Å². The maximum Gasteiger partial charge on any atom is 0.274 e. The lowest BCUT2D eigenvalue weighted by Crippen LogP contribution is -2.31. The second-order valence-corrected chi connectivity index (χ2v) is 3.56. The van der Waals surface area contributed by atoms with Crippen LogP contribution in [0.2, 0.25) is 0 Å². The third-order valence-electron chi connectivity index (χ3n) is 2.02. The molecule has 84 valence electrons.